The maximum Gasteiger partial charge on any atom is 0.407 e. The van der Waals surface area contributed by atoms with E-state index in [4.69, 9.17) is 22.1 Å². The molecule has 144 valence electrons. The monoisotopic (exact) mass is 389 g/mol. The minimum atomic E-state index is -0.449. The predicted octanol–water partition coefficient (Wildman–Crippen LogP) is 4.24. The molecule has 0 aromatic heterocycles. The van der Waals surface area contributed by atoms with Crippen LogP contribution in [0.25, 0.3) is 0 Å². The molecule has 4 N–H and O–H groups in total. The SMILES string of the molecule is CC(Cc1ccc(NC(=O)c2cccc(N)c2)c(Cl)c1)NC(=O)OC(C)C. The molecule has 0 heterocycles. The van der Waals surface area contributed by atoms with Gasteiger partial charge < -0.3 is 21.1 Å². The van der Waals surface area contributed by atoms with Gasteiger partial charge in [0.05, 0.1) is 16.8 Å². The summed E-state index contributed by atoms with van der Waals surface area (Å²) >= 11 is 6.30. The third-order valence-electron chi connectivity index (χ3n) is 3.68. The van der Waals surface area contributed by atoms with Gasteiger partial charge in [0.2, 0.25) is 0 Å². The number of rotatable bonds is 6. The molecule has 0 saturated heterocycles. The number of benzene rings is 2. The zero-order chi connectivity index (χ0) is 20.0. The minimum absolute atomic E-state index is 0.125. The standard InChI is InChI=1S/C20H24ClN3O3/c1-12(2)27-20(26)23-13(3)9-14-7-8-18(17(21)10-14)24-19(25)15-5-4-6-16(22)11-15/h4-8,10-13H,9,22H2,1-3H3,(H,23,26)(H,24,25). The number of ether oxygens (including phenoxy) is 1. The lowest BCUT2D eigenvalue weighted by molar-refractivity contribution is 0.102. The smallest absolute Gasteiger partial charge is 0.407 e. The molecule has 0 bridgehead atoms. The van der Waals surface area contributed by atoms with E-state index in [-0.39, 0.29) is 18.1 Å². The number of carbonyl (C=O) groups excluding carboxylic acids is 2. The fourth-order valence-corrected chi connectivity index (χ4v) is 2.77. The van der Waals surface area contributed by atoms with Crippen LogP contribution >= 0.6 is 11.6 Å². The lowest BCUT2D eigenvalue weighted by atomic mass is 10.1. The van der Waals surface area contributed by atoms with Crippen molar-refractivity contribution in [2.24, 2.45) is 0 Å². The highest BCUT2D eigenvalue weighted by molar-refractivity contribution is 6.34. The molecule has 0 saturated carbocycles. The van der Waals surface area contributed by atoms with Gasteiger partial charge in [-0.25, -0.2) is 4.79 Å². The number of hydrogen-bond donors (Lipinski definition) is 3. The number of nitrogens with one attached hydrogen (secondary N) is 2. The van der Waals surface area contributed by atoms with Gasteiger partial charge in [-0.05, 0) is 63.1 Å². The summed E-state index contributed by atoms with van der Waals surface area (Å²) in [7, 11) is 0. The second kappa shape index (κ2) is 9.28. The van der Waals surface area contributed by atoms with E-state index in [1.54, 1.807) is 50.2 Å². The zero-order valence-electron chi connectivity index (χ0n) is 15.6. The molecule has 2 rings (SSSR count). The first-order valence-corrected chi connectivity index (χ1v) is 9.05. The Morgan fingerprint density at radius 2 is 1.89 bits per heavy atom. The molecule has 0 aliphatic rings. The number of anilines is 2. The van der Waals surface area contributed by atoms with Gasteiger partial charge in [0, 0.05) is 17.3 Å². The summed E-state index contributed by atoms with van der Waals surface area (Å²) in [5.41, 5.74) is 8.11. The van der Waals surface area contributed by atoms with Crippen molar-refractivity contribution < 1.29 is 14.3 Å². The maximum absolute atomic E-state index is 12.3. The second-order valence-electron chi connectivity index (χ2n) is 6.60. The van der Waals surface area contributed by atoms with Crippen molar-refractivity contribution >= 4 is 35.0 Å². The van der Waals surface area contributed by atoms with Crippen LogP contribution in [0.1, 0.15) is 36.7 Å². The van der Waals surface area contributed by atoms with Gasteiger partial charge in [-0.15, -0.1) is 0 Å². The Morgan fingerprint density at radius 3 is 2.52 bits per heavy atom. The normalized spacial score (nSPS) is 11.7. The summed E-state index contributed by atoms with van der Waals surface area (Å²) in [6.07, 6.45) is -0.0415. The molecule has 1 unspecified atom stereocenters. The number of hydrogen-bond acceptors (Lipinski definition) is 4. The fraction of sp³-hybridized carbons (Fsp3) is 0.300. The summed E-state index contributed by atoms with van der Waals surface area (Å²) in [5.74, 6) is -0.289. The first-order valence-electron chi connectivity index (χ1n) is 8.67. The molecule has 27 heavy (non-hydrogen) atoms. The highest BCUT2D eigenvalue weighted by Gasteiger charge is 2.13. The predicted molar refractivity (Wildman–Crippen MR) is 108 cm³/mol. The van der Waals surface area contributed by atoms with Gasteiger partial charge in [-0.2, -0.15) is 0 Å². The summed E-state index contributed by atoms with van der Waals surface area (Å²) in [5, 5.41) is 5.96. The van der Waals surface area contributed by atoms with Crippen molar-refractivity contribution in [3.05, 3.63) is 58.6 Å². The third kappa shape index (κ3) is 6.49. The van der Waals surface area contributed by atoms with Crippen LogP contribution in [0.4, 0.5) is 16.2 Å². The molecule has 2 aromatic carbocycles. The highest BCUT2D eigenvalue weighted by Crippen LogP contribution is 2.24. The van der Waals surface area contributed by atoms with Gasteiger partial charge in [-0.3, -0.25) is 4.79 Å². The van der Waals surface area contributed by atoms with Gasteiger partial charge in [0.15, 0.2) is 0 Å². The first-order chi connectivity index (χ1) is 12.7. The molecule has 0 aliphatic heterocycles. The van der Waals surface area contributed by atoms with Gasteiger partial charge in [-0.1, -0.05) is 23.7 Å². The van der Waals surface area contributed by atoms with E-state index in [1.807, 2.05) is 13.0 Å². The van der Waals surface area contributed by atoms with E-state index in [9.17, 15) is 9.59 Å². The molecule has 7 heteroatoms. The molecule has 1 atom stereocenters. The van der Waals surface area contributed by atoms with E-state index in [2.05, 4.69) is 10.6 Å². The van der Waals surface area contributed by atoms with Crippen molar-refractivity contribution in [1.29, 1.82) is 0 Å². The van der Waals surface area contributed by atoms with Crippen LogP contribution in [-0.4, -0.2) is 24.1 Å². The molecule has 0 spiro atoms. The zero-order valence-corrected chi connectivity index (χ0v) is 16.3. The molecular formula is C20H24ClN3O3. The van der Waals surface area contributed by atoms with E-state index in [1.165, 1.54) is 0 Å². The largest absolute Gasteiger partial charge is 0.447 e. The van der Waals surface area contributed by atoms with E-state index in [0.29, 0.717) is 28.4 Å². The molecule has 0 fully saturated rings. The average molecular weight is 390 g/mol. The summed E-state index contributed by atoms with van der Waals surface area (Å²) < 4.78 is 5.06. The first kappa shape index (κ1) is 20.6. The van der Waals surface area contributed by atoms with E-state index >= 15 is 0 Å². The lowest BCUT2D eigenvalue weighted by Crippen LogP contribution is -2.35. The summed E-state index contributed by atoms with van der Waals surface area (Å²) in [6.45, 7) is 5.46. The van der Waals surface area contributed by atoms with E-state index in [0.717, 1.165) is 5.56 Å². The van der Waals surface area contributed by atoms with Crippen LogP contribution < -0.4 is 16.4 Å². The van der Waals surface area contributed by atoms with Crippen molar-refractivity contribution in [3.63, 3.8) is 0 Å². The molecule has 0 aliphatic carbocycles. The van der Waals surface area contributed by atoms with Gasteiger partial charge in [0.25, 0.3) is 5.91 Å². The van der Waals surface area contributed by atoms with Gasteiger partial charge in [0.1, 0.15) is 0 Å². The summed E-state index contributed by atoms with van der Waals surface area (Å²) in [6, 6.07) is 11.9. The number of alkyl carbamates (subject to hydrolysis) is 1. The van der Waals surface area contributed by atoms with Crippen LogP contribution in [0.2, 0.25) is 5.02 Å². The number of amides is 2. The lowest BCUT2D eigenvalue weighted by Gasteiger charge is -2.16. The minimum Gasteiger partial charge on any atom is -0.447 e. The van der Waals surface area contributed by atoms with Crippen molar-refractivity contribution in [1.82, 2.24) is 5.32 Å². The molecule has 0 radical (unpaired) electrons. The summed E-state index contributed by atoms with van der Waals surface area (Å²) in [4.78, 5) is 23.9. The van der Waals surface area contributed by atoms with Crippen LogP contribution in [0, 0.1) is 0 Å². The maximum atomic E-state index is 12.3. The Kier molecular flexibility index (Phi) is 7.07. The fourth-order valence-electron chi connectivity index (χ4n) is 2.52. The molecule has 2 amide bonds. The number of carbonyl (C=O) groups is 2. The van der Waals surface area contributed by atoms with Crippen LogP contribution in [0.3, 0.4) is 0 Å². The Morgan fingerprint density at radius 1 is 1.15 bits per heavy atom. The van der Waals surface area contributed by atoms with Crippen LogP contribution in [0.5, 0.6) is 0 Å². The third-order valence-corrected chi connectivity index (χ3v) is 3.99. The Bertz CT molecular complexity index is 824. The molecule has 6 nitrogen and oxygen atoms in total. The second-order valence-corrected chi connectivity index (χ2v) is 7.00. The Balaban J connectivity index is 1.98. The molecular weight excluding hydrogens is 366 g/mol. The quantitative estimate of drug-likeness (QED) is 0.644. The molecule has 2 aromatic rings. The number of halogens is 1. The van der Waals surface area contributed by atoms with Gasteiger partial charge >= 0.3 is 6.09 Å². The Labute approximate surface area is 164 Å². The average Bonchev–Trinajstić information content (AvgIpc) is 2.56. The van der Waals surface area contributed by atoms with Crippen molar-refractivity contribution in [2.75, 3.05) is 11.1 Å². The van der Waals surface area contributed by atoms with Crippen molar-refractivity contribution in [3.8, 4) is 0 Å². The Hall–Kier alpha value is -2.73. The number of nitrogen functional groups attached to an aromatic ring is 1. The highest BCUT2D eigenvalue weighted by atomic mass is 35.5. The van der Waals surface area contributed by atoms with Crippen LogP contribution in [0.15, 0.2) is 42.5 Å². The topological polar surface area (TPSA) is 93.5 Å². The number of nitrogens with two attached hydrogens (primary N) is 1. The van der Waals surface area contributed by atoms with E-state index < -0.39 is 6.09 Å². The van der Waals surface area contributed by atoms with Crippen LogP contribution in [-0.2, 0) is 11.2 Å². The van der Waals surface area contributed by atoms with Crippen molar-refractivity contribution in [2.45, 2.75) is 39.3 Å².